The highest BCUT2D eigenvalue weighted by atomic mass is 32.1. The smallest absolute Gasteiger partial charge is 0.140 e. The van der Waals surface area contributed by atoms with Crippen LogP contribution >= 0.6 is 12.2 Å². The fourth-order valence-electron chi connectivity index (χ4n) is 0.969. The van der Waals surface area contributed by atoms with Crippen LogP contribution < -0.4 is 5.73 Å². The second-order valence-electron chi connectivity index (χ2n) is 2.57. The van der Waals surface area contributed by atoms with E-state index < -0.39 is 5.82 Å². The Kier molecular flexibility index (Phi) is 2.93. The van der Waals surface area contributed by atoms with Crippen molar-refractivity contribution in [2.45, 2.75) is 6.42 Å². The number of nitriles is 1. The minimum absolute atomic E-state index is 0.0220. The van der Waals surface area contributed by atoms with E-state index in [1.165, 1.54) is 12.1 Å². The summed E-state index contributed by atoms with van der Waals surface area (Å²) in [5.41, 5.74) is 6.09. The second-order valence-corrected chi connectivity index (χ2v) is 3.09. The van der Waals surface area contributed by atoms with E-state index in [0.29, 0.717) is 11.4 Å². The van der Waals surface area contributed by atoms with Crippen LogP contribution in [0, 0.1) is 17.1 Å². The number of nitrogens with two attached hydrogens (primary N) is 1. The lowest BCUT2D eigenvalue weighted by molar-refractivity contribution is 0.623. The fourth-order valence-corrected chi connectivity index (χ4v) is 1.14. The first-order valence-electron chi connectivity index (χ1n) is 3.60. The van der Waals surface area contributed by atoms with Gasteiger partial charge in [-0.25, -0.2) is 4.39 Å². The van der Waals surface area contributed by atoms with Crippen molar-refractivity contribution in [2.75, 3.05) is 0 Å². The molecule has 0 unspecified atom stereocenters. The third kappa shape index (κ3) is 2.49. The molecule has 0 saturated heterocycles. The molecule has 0 amide bonds. The van der Waals surface area contributed by atoms with Crippen LogP contribution in [0.15, 0.2) is 18.2 Å². The number of hydrogen-bond donors (Lipinski definition) is 1. The van der Waals surface area contributed by atoms with E-state index in [1.807, 2.05) is 0 Å². The van der Waals surface area contributed by atoms with E-state index in [2.05, 4.69) is 0 Å². The van der Waals surface area contributed by atoms with Crippen LogP contribution in [0.3, 0.4) is 0 Å². The highest BCUT2D eigenvalue weighted by Gasteiger charge is 2.02. The number of rotatable bonds is 2. The van der Waals surface area contributed by atoms with E-state index in [1.54, 1.807) is 12.1 Å². The maximum atomic E-state index is 12.8. The maximum Gasteiger partial charge on any atom is 0.140 e. The Morgan fingerprint density at radius 1 is 1.62 bits per heavy atom. The van der Waals surface area contributed by atoms with Crippen LogP contribution in [0.1, 0.15) is 11.1 Å². The number of thiocarbonyl (C=S) groups is 1. The van der Waals surface area contributed by atoms with Crippen molar-refractivity contribution in [1.29, 1.82) is 5.26 Å². The molecule has 2 nitrogen and oxygen atoms in total. The summed E-state index contributed by atoms with van der Waals surface area (Å²) in [6.07, 6.45) is 0.393. The quantitative estimate of drug-likeness (QED) is 0.726. The Balaban J connectivity index is 3.01. The Morgan fingerprint density at radius 3 is 2.85 bits per heavy atom. The van der Waals surface area contributed by atoms with E-state index in [9.17, 15) is 4.39 Å². The normalized spacial score (nSPS) is 9.23. The molecule has 0 aromatic heterocycles. The molecular formula is C9H7FN2S. The topological polar surface area (TPSA) is 49.8 Å². The van der Waals surface area contributed by atoms with Crippen LogP contribution in [0.4, 0.5) is 4.39 Å². The molecule has 13 heavy (non-hydrogen) atoms. The number of benzene rings is 1. The van der Waals surface area contributed by atoms with Gasteiger partial charge in [-0.1, -0.05) is 18.3 Å². The average Bonchev–Trinajstić information content (AvgIpc) is 2.07. The van der Waals surface area contributed by atoms with Crippen molar-refractivity contribution >= 4 is 17.2 Å². The average molecular weight is 194 g/mol. The molecule has 0 fully saturated rings. The van der Waals surface area contributed by atoms with Crippen LogP contribution in [-0.2, 0) is 6.42 Å². The van der Waals surface area contributed by atoms with Gasteiger partial charge in [0, 0.05) is 6.42 Å². The summed E-state index contributed by atoms with van der Waals surface area (Å²) in [6, 6.07) is 6.01. The van der Waals surface area contributed by atoms with Gasteiger partial charge in [0.2, 0.25) is 0 Å². The number of halogens is 1. The van der Waals surface area contributed by atoms with E-state index in [0.717, 1.165) is 5.56 Å². The predicted octanol–water partition coefficient (Wildman–Crippen LogP) is 1.53. The Labute approximate surface area is 80.8 Å². The van der Waals surface area contributed by atoms with Crippen molar-refractivity contribution < 1.29 is 4.39 Å². The standard InChI is InChI=1S/C9H7FN2S/c10-8-2-1-6(4-9(12)13)3-7(8)5-11/h1-3H,4H2,(H2,12,13). The summed E-state index contributed by atoms with van der Waals surface area (Å²) in [4.78, 5) is 0.329. The zero-order chi connectivity index (χ0) is 9.84. The molecule has 0 atom stereocenters. The largest absolute Gasteiger partial charge is 0.393 e. The molecule has 0 aliphatic heterocycles. The maximum absolute atomic E-state index is 12.8. The molecule has 66 valence electrons. The fraction of sp³-hybridized carbons (Fsp3) is 0.111. The summed E-state index contributed by atoms with van der Waals surface area (Å²) in [7, 11) is 0. The summed E-state index contributed by atoms with van der Waals surface area (Å²) in [5, 5.41) is 8.52. The van der Waals surface area contributed by atoms with Crippen molar-refractivity contribution in [1.82, 2.24) is 0 Å². The second kappa shape index (κ2) is 3.97. The molecule has 2 N–H and O–H groups in total. The van der Waals surface area contributed by atoms with Gasteiger partial charge in [-0.2, -0.15) is 5.26 Å². The first kappa shape index (κ1) is 9.62. The third-order valence-electron chi connectivity index (χ3n) is 1.53. The molecule has 0 saturated carbocycles. The summed E-state index contributed by atoms with van der Waals surface area (Å²) < 4.78 is 12.8. The van der Waals surface area contributed by atoms with Crippen molar-refractivity contribution in [3.63, 3.8) is 0 Å². The van der Waals surface area contributed by atoms with Gasteiger partial charge in [0.25, 0.3) is 0 Å². The van der Waals surface area contributed by atoms with Gasteiger partial charge in [-0.15, -0.1) is 0 Å². The van der Waals surface area contributed by atoms with Gasteiger partial charge >= 0.3 is 0 Å². The lowest BCUT2D eigenvalue weighted by Crippen LogP contribution is -2.11. The molecule has 0 bridgehead atoms. The van der Waals surface area contributed by atoms with Crippen LogP contribution in [0.25, 0.3) is 0 Å². The van der Waals surface area contributed by atoms with E-state index in [-0.39, 0.29) is 5.56 Å². The third-order valence-corrected chi connectivity index (χ3v) is 1.67. The highest BCUT2D eigenvalue weighted by molar-refractivity contribution is 7.80. The predicted molar refractivity (Wildman–Crippen MR) is 51.6 cm³/mol. The Hall–Kier alpha value is -1.47. The van der Waals surface area contributed by atoms with Gasteiger partial charge in [0.15, 0.2) is 0 Å². The molecule has 0 heterocycles. The van der Waals surface area contributed by atoms with E-state index in [4.69, 9.17) is 23.2 Å². The molecule has 0 radical (unpaired) electrons. The van der Waals surface area contributed by atoms with Gasteiger partial charge < -0.3 is 5.73 Å². The summed E-state index contributed by atoms with van der Waals surface area (Å²) in [6.45, 7) is 0. The zero-order valence-corrected chi connectivity index (χ0v) is 7.57. The van der Waals surface area contributed by atoms with Crippen LogP contribution in [-0.4, -0.2) is 4.99 Å². The molecular weight excluding hydrogens is 187 g/mol. The van der Waals surface area contributed by atoms with Crippen molar-refractivity contribution in [2.24, 2.45) is 5.73 Å². The minimum atomic E-state index is -0.519. The molecule has 0 spiro atoms. The molecule has 0 aliphatic carbocycles. The summed E-state index contributed by atoms with van der Waals surface area (Å²) in [5.74, 6) is -0.519. The van der Waals surface area contributed by atoms with Crippen molar-refractivity contribution in [3.05, 3.63) is 35.1 Å². The SMILES string of the molecule is N#Cc1cc(CC(N)=S)ccc1F. The van der Waals surface area contributed by atoms with Gasteiger partial charge in [0.05, 0.1) is 10.6 Å². The molecule has 1 aromatic rings. The Morgan fingerprint density at radius 2 is 2.31 bits per heavy atom. The lowest BCUT2D eigenvalue weighted by atomic mass is 10.1. The molecule has 4 heteroatoms. The first-order chi connectivity index (χ1) is 6.13. The minimum Gasteiger partial charge on any atom is -0.393 e. The Bertz CT molecular complexity index is 382. The molecule has 1 rings (SSSR count). The lowest BCUT2D eigenvalue weighted by Gasteiger charge is -1.99. The molecule has 1 aromatic carbocycles. The summed E-state index contributed by atoms with van der Waals surface area (Å²) >= 11 is 4.69. The monoisotopic (exact) mass is 194 g/mol. The molecule has 0 aliphatic rings. The zero-order valence-electron chi connectivity index (χ0n) is 6.75. The number of hydrogen-bond acceptors (Lipinski definition) is 2. The number of nitrogens with zero attached hydrogens (tertiary/aromatic N) is 1. The van der Waals surface area contributed by atoms with Crippen LogP contribution in [0.5, 0.6) is 0 Å². The van der Waals surface area contributed by atoms with Gasteiger partial charge in [-0.05, 0) is 17.7 Å². The highest BCUT2D eigenvalue weighted by Crippen LogP contribution is 2.09. The van der Waals surface area contributed by atoms with Crippen LogP contribution in [0.2, 0.25) is 0 Å². The van der Waals surface area contributed by atoms with Gasteiger partial charge in [-0.3, -0.25) is 0 Å². The van der Waals surface area contributed by atoms with Gasteiger partial charge in [0.1, 0.15) is 11.9 Å². The van der Waals surface area contributed by atoms with Crippen molar-refractivity contribution in [3.8, 4) is 6.07 Å². The first-order valence-corrected chi connectivity index (χ1v) is 4.01. The van der Waals surface area contributed by atoms with E-state index >= 15 is 0 Å².